The number of nitrogens with zero attached hydrogens (tertiary/aromatic N) is 3. The molecular weight excluding hydrogens is 200 g/mol. The van der Waals surface area contributed by atoms with Crippen LogP contribution in [0.15, 0.2) is 17.1 Å². The van der Waals surface area contributed by atoms with E-state index in [0.29, 0.717) is 12.1 Å². The number of nitro groups is 1. The van der Waals surface area contributed by atoms with Crippen LogP contribution in [0.3, 0.4) is 0 Å². The van der Waals surface area contributed by atoms with Crippen LogP contribution in [0.5, 0.6) is 0 Å². The fourth-order valence-electron chi connectivity index (χ4n) is 1.33. The number of H-pyrrole nitrogens is 1. The number of rotatable bonds is 2. The largest absolute Gasteiger partial charge is 0.331 e. The lowest BCUT2D eigenvalue weighted by atomic mass is 10.3. The third-order valence-corrected chi connectivity index (χ3v) is 2.09. The average molecular weight is 208 g/mol. The van der Waals surface area contributed by atoms with Gasteiger partial charge in [0.15, 0.2) is 0 Å². The number of aryl methyl sites for hydroxylation is 1. The van der Waals surface area contributed by atoms with Crippen molar-refractivity contribution in [2.24, 2.45) is 0 Å². The van der Waals surface area contributed by atoms with Crippen molar-refractivity contribution in [1.82, 2.24) is 14.6 Å². The van der Waals surface area contributed by atoms with E-state index in [2.05, 4.69) is 10.1 Å². The molecule has 0 unspecified atom stereocenters. The van der Waals surface area contributed by atoms with Crippen LogP contribution in [0.4, 0.5) is 5.69 Å². The van der Waals surface area contributed by atoms with Gasteiger partial charge in [0.1, 0.15) is 6.20 Å². The molecule has 0 saturated heterocycles. The first kappa shape index (κ1) is 9.38. The summed E-state index contributed by atoms with van der Waals surface area (Å²) in [5, 5.41) is 13.1. The second kappa shape index (κ2) is 3.19. The molecule has 2 rings (SSSR count). The summed E-state index contributed by atoms with van der Waals surface area (Å²) in [6, 6.07) is 1.35. The highest BCUT2D eigenvalue weighted by Gasteiger charge is 2.16. The van der Waals surface area contributed by atoms with Crippen LogP contribution in [-0.4, -0.2) is 19.5 Å². The first-order chi connectivity index (χ1) is 7.13. The predicted octanol–water partition coefficient (Wildman–Crippen LogP) is 0.493. The smallest absolute Gasteiger partial charge is 0.290 e. The van der Waals surface area contributed by atoms with Gasteiger partial charge in [0.2, 0.25) is 5.65 Å². The number of hydrogen-bond donors (Lipinski definition) is 1. The molecule has 78 valence electrons. The topological polar surface area (TPSA) is 93.3 Å². The quantitative estimate of drug-likeness (QED) is 0.574. The van der Waals surface area contributed by atoms with Crippen molar-refractivity contribution < 1.29 is 4.92 Å². The summed E-state index contributed by atoms with van der Waals surface area (Å²) in [4.78, 5) is 25.5. The van der Waals surface area contributed by atoms with Gasteiger partial charge in [-0.2, -0.15) is 4.52 Å². The Morgan fingerprint density at radius 2 is 2.40 bits per heavy atom. The fraction of sp³-hybridized carbons (Fsp3) is 0.250. The van der Waals surface area contributed by atoms with E-state index in [4.69, 9.17) is 0 Å². The van der Waals surface area contributed by atoms with Crippen LogP contribution in [0.1, 0.15) is 12.6 Å². The van der Waals surface area contributed by atoms with E-state index in [0.717, 1.165) is 10.7 Å². The van der Waals surface area contributed by atoms with Gasteiger partial charge >= 0.3 is 5.69 Å². The molecule has 2 heterocycles. The molecule has 0 aliphatic heterocycles. The Bertz CT molecular complexity index is 583. The molecule has 0 saturated carbocycles. The summed E-state index contributed by atoms with van der Waals surface area (Å²) in [6.07, 6.45) is 1.72. The highest BCUT2D eigenvalue weighted by Crippen LogP contribution is 2.15. The molecule has 1 N–H and O–H groups in total. The van der Waals surface area contributed by atoms with E-state index in [-0.39, 0.29) is 16.9 Å². The average Bonchev–Trinajstić information content (AvgIpc) is 2.61. The van der Waals surface area contributed by atoms with Crippen molar-refractivity contribution in [3.63, 3.8) is 0 Å². The van der Waals surface area contributed by atoms with E-state index >= 15 is 0 Å². The molecule has 2 aromatic heterocycles. The zero-order chi connectivity index (χ0) is 11.0. The Kier molecular flexibility index (Phi) is 2.00. The van der Waals surface area contributed by atoms with Crippen molar-refractivity contribution in [3.05, 3.63) is 38.4 Å². The standard InChI is InChI=1S/C8H8N4O3/c1-2-5-3-7(13)11-8(10-5)6(4-9-11)12(14)15/h3-4,9H,2H2,1H3. The molecule has 15 heavy (non-hydrogen) atoms. The van der Waals surface area contributed by atoms with Gasteiger partial charge in [-0.05, 0) is 6.42 Å². The molecule has 0 aliphatic carbocycles. The molecular formula is C8H8N4O3. The van der Waals surface area contributed by atoms with Gasteiger partial charge in [0.05, 0.1) is 4.92 Å². The van der Waals surface area contributed by atoms with Crippen molar-refractivity contribution in [2.75, 3.05) is 0 Å². The molecule has 0 aromatic carbocycles. The Labute approximate surface area is 83.5 Å². The van der Waals surface area contributed by atoms with Gasteiger partial charge in [-0.1, -0.05) is 6.92 Å². The summed E-state index contributed by atoms with van der Waals surface area (Å²) in [7, 11) is 0. The predicted molar refractivity (Wildman–Crippen MR) is 51.8 cm³/mol. The van der Waals surface area contributed by atoms with Crippen LogP contribution in [-0.2, 0) is 6.42 Å². The van der Waals surface area contributed by atoms with E-state index < -0.39 is 4.92 Å². The van der Waals surface area contributed by atoms with Gasteiger partial charge in [0, 0.05) is 11.8 Å². The van der Waals surface area contributed by atoms with Gasteiger partial charge in [-0.3, -0.25) is 20.0 Å². The summed E-state index contributed by atoms with van der Waals surface area (Å²) in [5.74, 6) is 0. The molecule has 0 spiro atoms. The zero-order valence-electron chi connectivity index (χ0n) is 7.93. The van der Waals surface area contributed by atoms with Gasteiger partial charge < -0.3 is 0 Å². The third kappa shape index (κ3) is 1.37. The first-order valence-corrected chi connectivity index (χ1v) is 4.38. The maximum atomic E-state index is 11.5. The Morgan fingerprint density at radius 3 is 3.00 bits per heavy atom. The summed E-state index contributed by atoms with van der Waals surface area (Å²) in [6.45, 7) is 1.83. The van der Waals surface area contributed by atoms with Gasteiger partial charge in [0.25, 0.3) is 5.56 Å². The van der Waals surface area contributed by atoms with Crippen LogP contribution in [0, 0.1) is 10.1 Å². The molecule has 0 bridgehead atoms. The summed E-state index contributed by atoms with van der Waals surface area (Å²) in [5.41, 5.74) is 0.0689. The monoisotopic (exact) mass is 208 g/mol. The Balaban J connectivity index is 2.84. The second-order valence-electron chi connectivity index (χ2n) is 3.01. The van der Waals surface area contributed by atoms with E-state index in [1.807, 2.05) is 6.92 Å². The van der Waals surface area contributed by atoms with Crippen LogP contribution in [0.25, 0.3) is 5.65 Å². The molecule has 0 fully saturated rings. The van der Waals surface area contributed by atoms with Crippen LogP contribution >= 0.6 is 0 Å². The maximum Gasteiger partial charge on any atom is 0.331 e. The van der Waals surface area contributed by atoms with Gasteiger partial charge in [-0.25, -0.2) is 4.98 Å². The van der Waals surface area contributed by atoms with Crippen molar-refractivity contribution in [3.8, 4) is 0 Å². The molecule has 0 aliphatic rings. The normalized spacial score (nSPS) is 10.7. The number of aromatic nitrogens is 3. The fourth-order valence-corrected chi connectivity index (χ4v) is 1.33. The molecule has 0 atom stereocenters. The minimum absolute atomic E-state index is 0.0596. The van der Waals surface area contributed by atoms with E-state index in [9.17, 15) is 14.9 Å². The molecule has 7 heteroatoms. The SMILES string of the molecule is CCc1cc(=O)n2[nH]cc([N+](=O)[O-])c2n1. The van der Waals surface area contributed by atoms with Crippen LogP contribution < -0.4 is 5.56 Å². The Morgan fingerprint density at radius 1 is 1.67 bits per heavy atom. The zero-order valence-corrected chi connectivity index (χ0v) is 7.93. The summed E-state index contributed by atoms with van der Waals surface area (Å²) >= 11 is 0. The maximum absolute atomic E-state index is 11.5. The van der Waals surface area contributed by atoms with E-state index in [1.165, 1.54) is 6.07 Å². The highest BCUT2D eigenvalue weighted by molar-refractivity contribution is 5.57. The van der Waals surface area contributed by atoms with Crippen LogP contribution in [0.2, 0.25) is 0 Å². The summed E-state index contributed by atoms with van der Waals surface area (Å²) < 4.78 is 1.05. The van der Waals surface area contributed by atoms with Gasteiger partial charge in [-0.15, -0.1) is 0 Å². The van der Waals surface area contributed by atoms with Crippen molar-refractivity contribution in [1.29, 1.82) is 0 Å². The van der Waals surface area contributed by atoms with E-state index in [1.54, 1.807) is 0 Å². The van der Waals surface area contributed by atoms with Crippen molar-refractivity contribution >= 4 is 11.3 Å². The minimum Gasteiger partial charge on any atom is -0.290 e. The lowest BCUT2D eigenvalue weighted by Crippen LogP contribution is -2.15. The second-order valence-corrected chi connectivity index (χ2v) is 3.01. The number of fused-ring (bicyclic) bond motifs is 1. The molecule has 0 radical (unpaired) electrons. The first-order valence-electron chi connectivity index (χ1n) is 4.38. The molecule has 7 nitrogen and oxygen atoms in total. The third-order valence-electron chi connectivity index (χ3n) is 2.09. The lowest BCUT2D eigenvalue weighted by molar-refractivity contribution is -0.383. The van der Waals surface area contributed by atoms with Crippen molar-refractivity contribution in [2.45, 2.75) is 13.3 Å². The Hall–Kier alpha value is -2.18. The number of aromatic amines is 1. The number of nitrogens with one attached hydrogen (secondary N) is 1. The molecule has 0 amide bonds. The highest BCUT2D eigenvalue weighted by atomic mass is 16.6. The molecule has 2 aromatic rings. The lowest BCUT2D eigenvalue weighted by Gasteiger charge is -1.95. The minimum atomic E-state index is -0.572. The number of hydrogen-bond acceptors (Lipinski definition) is 4.